The number of hydrogen-bond acceptors (Lipinski definition) is 0. The molecule has 0 amide bonds. The average Bonchev–Trinajstić information content (AvgIpc) is 0.682. The van der Waals surface area contributed by atoms with E-state index >= 15 is 35.1 Å². The Labute approximate surface area is 580 Å². The van der Waals surface area contributed by atoms with E-state index in [1.807, 2.05) is 0 Å². The topological polar surface area (TPSA) is 0 Å². The third-order valence-corrected chi connectivity index (χ3v) is 19.8. The first-order valence-electron chi connectivity index (χ1n) is 37.0. The zero-order chi connectivity index (χ0) is 74.0. The third-order valence-electron chi connectivity index (χ3n) is 19.8. The van der Waals surface area contributed by atoms with Crippen molar-refractivity contribution in [2.45, 2.75) is 290 Å². The van der Waals surface area contributed by atoms with Gasteiger partial charge in [0, 0.05) is 0 Å². The van der Waals surface area contributed by atoms with Crippen molar-refractivity contribution in [3.8, 4) is 0 Å². The average molecular weight is 1450 g/mol. The number of rotatable bonds is 49. The number of benzene rings is 5. The van der Waals surface area contributed by atoms with Crippen LogP contribution in [0.15, 0.2) is 24.3 Å². The van der Waals surface area contributed by atoms with E-state index in [1.165, 1.54) is 283 Å². The number of quaternary nitrogens is 1. The van der Waals surface area contributed by atoms with Gasteiger partial charge in [-0.1, -0.05) is 264 Å². The highest BCUT2D eigenvalue weighted by atomic mass is 19.2. The lowest BCUT2D eigenvalue weighted by Gasteiger charge is -2.44. The van der Waals surface area contributed by atoms with E-state index in [2.05, 4.69) is 52.1 Å². The standard InChI is InChI=1S/C54H104N.C24BF20/c1-5-8-11-14-17-20-23-26-27-28-29-30-31-34-37-40-43-46-53-47-49-54(50-48-53)55(4,51-44-41-38-35-32-24-21-18-15-12-9-6-2)52-45-42-39-36-33-25-22-19-16-13-10-7-3;26-5-1(6(27)14(35)21(42)13(5)34)25(2-7(28)15(36)22(43)16(37)8(2)29,3-9(30)17(38)23(44)18(39)10(3)31)4-11(32)19(40)24(45)20(41)12(4)33/h47-50H,5-46,51-52H2,1-4H3;/q+1;-1. The molecule has 0 aromatic heterocycles. The lowest BCUT2D eigenvalue weighted by molar-refractivity contribution is 0.310. The van der Waals surface area contributed by atoms with Crippen LogP contribution in [0, 0.1) is 116 Å². The molecule has 0 aliphatic carbocycles. The van der Waals surface area contributed by atoms with E-state index in [9.17, 15) is 52.7 Å². The molecule has 0 atom stereocenters. The normalized spacial score (nSPS) is 12.0. The van der Waals surface area contributed by atoms with Gasteiger partial charge in [0.15, 0.2) is 69.8 Å². The van der Waals surface area contributed by atoms with Gasteiger partial charge in [0.2, 0.25) is 0 Å². The SMILES string of the molecule is CCCCCCCCCCCCCCCCCCCc1ccc([N+](C)(CCCCCCCCCCCCCC)CCCCCCCCCCCCCC)cc1.Fc1c(F)c(F)c([B-](c2c(F)c(F)c(F)c(F)c2F)(c2c(F)c(F)c(F)c(F)c2F)c2c(F)c(F)c(F)c(F)c2F)c(F)c1F. The summed E-state index contributed by atoms with van der Waals surface area (Å²) in [5.74, 6) is -71.4. The Morgan fingerprint density at radius 3 is 0.560 bits per heavy atom. The lowest BCUT2D eigenvalue weighted by atomic mass is 9.12. The summed E-state index contributed by atoms with van der Waals surface area (Å²) in [7, 11) is 2.56. The molecule has 0 N–H and O–H groups in total. The van der Waals surface area contributed by atoms with Crippen LogP contribution >= 0.6 is 0 Å². The third kappa shape index (κ3) is 24.2. The second-order valence-corrected chi connectivity index (χ2v) is 27.5. The Balaban J connectivity index is 0.000000432. The first-order valence-corrected chi connectivity index (χ1v) is 37.0. The molecule has 0 aliphatic heterocycles. The van der Waals surface area contributed by atoms with E-state index in [1.54, 1.807) is 11.3 Å². The smallest absolute Gasteiger partial charge is 0.200 e. The zero-order valence-corrected chi connectivity index (χ0v) is 59.0. The van der Waals surface area contributed by atoms with Gasteiger partial charge >= 0.3 is 0 Å². The molecule has 0 saturated carbocycles. The largest absolute Gasteiger partial charge is 0.294 e. The summed E-state index contributed by atoms with van der Waals surface area (Å²) in [5, 5.41) is 0. The van der Waals surface area contributed by atoms with Gasteiger partial charge in [-0.3, -0.25) is 4.48 Å². The molecule has 0 bridgehead atoms. The minimum Gasteiger partial charge on any atom is -0.294 e. The maximum Gasteiger partial charge on any atom is 0.200 e. The highest BCUT2D eigenvalue weighted by molar-refractivity contribution is 7.20. The second kappa shape index (κ2) is 45.7. The van der Waals surface area contributed by atoms with Crippen LogP contribution in [-0.4, -0.2) is 26.3 Å². The minimum absolute atomic E-state index is 1.15. The molecule has 0 fully saturated rings. The molecule has 0 aliphatic rings. The van der Waals surface area contributed by atoms with Crippen molar-refractivity contribution in [1.82, 2.24) is 4.48 Å². The number of aryl methyl sites for hydroxylation is 1. The fourth-order valence-corrected chi connectivity index (χ4v) is 13.9. The summed E-state index contributed by atoms with van der Waals surface area (Å²) in [6, 6.07) is 10.0. The summed E-state index contributed by atoms with van der Waals surface area (Å²) < 4.78 is 295. The van der Waals surface area contributed by atoms with Gasteiger partial charge in [0.05, 0.1) is 20.1 Å². The summed E-state index contributed by atoms with van der Waals surface area (Å²) in [5.41, 5.74) is -11.2. The Morgan fingerprint density at radius 1 is 0.210 bits per heavy atom. The summed E-state index contributed by atoms with van der Waals surface area (Å²) in [6.45, 7) is 9.58. The Morgan fingerprint density at radius 2 is 0.370 bits per heavy atom. The molecule has 0 saturated heterocycles. The molecule has 5 aromatic rings. The van der Waals surface area contributed by atoms with Crippen LogP contribution in [-0.2, 0) is 6.42 Å². The van der Waals surface area contributed by atoms with Crippen molar-refractivity contribution in [1.29, 1.82) is 0 Å². The second-order valence-electron chi connectivity index (χ2n) is 27.5. The van der Waals surface area contributed by atoms with Crippen molar-refractivity contribution >= 4 is 33.7 Å². The highest BCUT2D eigenvalue weighted by Crippen LogP contribution is 2.32. The Kier molecular flexibility index (Phi) is 39.9. The molecular weight excluding hydrogens is 1340 g/mol. The maximum absolute atomic E-state index is 15.4. The number of halogens is 20. The van der Waals surface area contributed by atoms with E-state index in [-0.39, 0.29) is 0 Å². The lowest BCUT2D eigenvalue weighted by Crippen LogP contribution is -2.81. The van der Waals surface area contributed by atoms with Crippen LogP contribution < -0.4 is 26.3 Å². The molecule has 100 heavy (non-hydrogen) atoms. The Bertz CT molecular complexity index is 2820. The van der Waals surface area contributed by atoms with Crippen molar-refractivity contribution < 1.29 is 87.8 Å². The van der Waals surface area contributed by atoms with Gasteiger partial charge in [-0.2, -0.15) is 0 Å². The number of nitrogens with zero attached hydrogens (tertiary/aromatic N) is 1. The molecule has 0 unspecified atom stereocenters. The number of hydrogen-bond donors (Lipinski definition) is 0. The van der Waals surface area contributed by atoms with Crippen LogP contribution in [0.25, 0.3) is 0 Å². The van der Waals surface area contributed by atoms with Crippen LogP contribution in [0.2, 0.25) is 0 Å². The quantitative estimate of drug-likeness (QED) is 0.00909. The van der Waals surface area contributed by atoms with Crippen LogP contribution in [0.4, 0.5) is 93.5 Å². The molecule has 1 nitrogen and oxygen atoms in total. The molecule has 5 aromatic carbocycles. The van der Waals surface area contributed by atoms with Crippen molar-refractivity contribution in [2.24, 2.45) is 0 Å². The van der Waals surface area contributed by atoms with Gasteiger partial charge in [0.1, 0.15) is 58.4 Å². The minimum atomic E-state index is -7.22. The van der Waals surface area contributed by atoms with Crippen molar-refractivity contribution in [3.63, 3.8) is 0 Å². The Hall–Kier alpha value is -5.28. The first-order chi connectivity index (χ1) is 47.9. The predicted molar refractivity (Wildman–Crippen MR) is 363 cm³/mol. The number of unbranched alkanes of at least 4 members (excludes halogenated alkanes) is 38. The predicted octanol–water partition coefficient (Wildman–Crippen LogP) is 25.1. The van der Waals surface area contributed by atoms with Crippen LogP contribution in [0.1, 0.15) is 290 Å². The summed E-state index contributed by atoms with van der Waals surface area (Å²) in [4.78, 5) is 0. The molecule has 5 rings (SSSR count). The van der Waals surface area contributed by atoms with E-state index in [0.29, 0.717) is 0 Å². The summed E-state index contributed by atoms with van der Waals surface area (Å²) in [6.07, 6.45) is 53.2. The molecule has 0 spiro atoms. The van der Waals surface area contributed by atoms with E-state index in [0.717, 1.165) is 4.48 Å². The van der Waals surface area contributed by atoms with Gasteiger partial charge in [-0.15, -0.1) is 21.9 Å². The fourth-order valence-electron chi connectivity index (χ4n) is 13.9. The van der Waals surface area contributed by atoms with E-state index < -0.39 is 144 Å². The molecule has 564 valence electrons. The van der Waals surface area contributed by atoms with E-state index in [4.69, 9.17) is 0 Å². The monoisotopic (exact) mass is 1450 g/mol. The van der Waals surface area contributed by atoms with Crippen LogP contribution in [0.5, 0.6) is 0 Å². The van der Waals surface area contributed by atoms with Crippen molar-refractivity contribution in [3.05, 3.63) is 146 Å². The highest BCUT2D eigenvalue weighted by Gasteiger charge is 2.52. The van der Waals surface area contributed by atoms with Crippen LogP contribution in [0.3, 0.4) is 0 Å². The molecule has 0 heterocycles. The maximum atomic E-state index is 15.4. The van der Waals surface area contributed by atoms with Gasteiger partial charge < -0.3 is 0 Å². The van der Waals surface area contributed by atoms with Gasteiger partial charge in [-0.25, -0.2) is 87.8 Å². The van der Waals surface area contributed by atoms with Gasteiger partial charge in [-0.05, 0) is 56.2 Å². The zero-order valence-electron chi connectivity index (χ0n) is 59.0. The molecular formula is C78H104BF20N. The first kappa shape index (κ1) is 87.1. The van der Waals surface area contributed by atoms with Gasteiger partial charge in [0.25, 0.3) is 0 Å². The van der Waals surface area contributed by atoms with Crippen molar-refractivity contribution in [2.75, 3.05) is 20.1 Å². The molecule has 22 heteroatoms. The summed E-state index contributed by atoms with van der Waals surface area (Å²) >= 11 is 0. The molecule has 0 radical (unpaired) electrons. The fraction of sp³-hybridized carbons (Fsp3) is 0.615.